The molecule has 0 saturated heterocycles. The van der Waals surface area contributed by atoms with Crippen molar-refractivity contribution in [3.63, 3.8) is 0 Å². The van der Waals surface area contributed by atoms with Gasteiger partial charge in [0.05, 0.1) is 17.1 Å². The highest BCUT2D eigenvalue weighted by Crippen LogP contribution is 2.42. The minimum atomic E-state index is -3.93. The predicted molar refractivity (Wildman–Crippen MR) is 167 cm³/mol. The molecule has 1 fully saturated rings. The van der Waals surface area contributed by atoms with E-state index >= 15 is 0 Å². The highest BCUT2D eigenvalue weighted by atomic mass is 32.2. The number of anilines is 1. The molecule has 0 atom stereocenters. The predicted octanol–water partition coefficient (Wildman–Crippen LogP) is 7.52. The maximum absolute atomic E-state index is 14.5. The third-order valence-electron chi connectivity index (χ3n) is 7.27. The van der Waals surface area contributed by atoms with E-state index in [-0.39, 0.29) is 30.6 Å². The highest BCUT2D eigenvalue weighted by molar-refractivity contribution is 7.86. The average Bonchev–Trinajstić information content (AvgIpc) is 3.84. The summed E-state index contributed by atoms with van der Waals surface area (Å²) in [6.07, 6.45) is 5.98. The molecule has 6 nitrogen and oxygen atoms in total. The second kappa shape index (κ2) is 13.4. The van der Waals surface area contributed by atoms with Crippen LogP contribution in [0.25, 0.3) is 12.2 Å². The van der Waals surface area contributed by atoms with Crippen LogP contribution in [0.3, 0.4) is 0 Å². The summed E-state index contributed by atoms with van der Waals surface area (Å²) in [5, 5.41) is 0. The topological polar surface area (TPSA) is 72.9 Å². The van der Waals surface area contributed by atoms with Gasteiger partial charge in [0.1, 0.15) is 24.8 Å². The van der Waals surface area contributed by atoms with E-state index < -0.39 is 15.9 Å². The Balaban J connectivity index is 1.36. The van der Waals surface area contributed by atoms with Crippen molar-refractivity contribution in [2.45, 2.75) is 44.0 Å². The highest BCUT2D eigenvalue weighted by Gasteiger charge is 2.26. The van der Waals surface area contributed by atoms with Crippen LogP contribution in [-0.2, 0) is 25.6 Å². The Bertz CT molecular complexity index is 1720. The van der Waals surface area contributed by atoms with Gasteiger partial charge in [-0.15, -0.1) is 0 Å². The van der Waals surface area contributed by atoms with Crippen LogP contribution in [0.1, 0.15) is 53.5 Å². The van der Waals surface area contributed by atoms with E-state index in [9.17, 15) is 17.6 Å². The van der Waals surface area contributed by atoms with E-state index in [4.69, 9.17) is 8.92 Å². The van der Waals surface area contributed by atoms with Crippen LogP contribution >= 0.6 is 0 Å². The molecule has 1 aliphatic rings. The first-order valence-corrected chi connectivity index (χ1v) is 15.6. The Morgan fingerprint density at radius 3 is 2.37 bits per heavy atom. The normalized spacial score (nSPS) is 13.3. The number of amides is 1. The Kier molecular flexibility index (Phi) is 9.38. The van der Waals surface area contributed by atoms with E-state index in [1.807, 2.05) is 67.6 Å². The summed E-state index contributed by atoms with van der Waals surface area (Å²) in [5.41, 5.74) is 4.94. The molecule has 0 spiro atoms. The third kappa shape index (κ3) is 7.97. The molecule has 0 bridgehead atoms. The molecule has 0 aliphatic heterocycles. The number of halogens is 1. The van der Waals surface area contributed by atoms with Crippen LogP contribution in [-0.4, -0.2) is 27.5 Å². The lowest BCUT2D eigenvalue weighted by molar-refractivity contribution is -0.116. The molecule has 0 N–H and O–H groups in total. The molecule has 0 unspecified atom stereocenters. The lowest BCUT2D eigenvalue weighted by Gasteiger charge is -2.25. The molecule has 8 heteroatoms. The van der Waals surface area contributed by atoms with Crippen molar-refractivity contribution in [1.29, 1.82) is 0 Å². The van der Waals surface area contributed by atoms with Gasteiger partial charge in [-0.3, -0.25) is 8.98 Å². The first-order valence-electron chi connectivity index (χ1n) is 14.2. The second-order valence-electron chi connectivity index (χ2n) is 10.6. The molecule has 0 radical (unpaired) electrons. The average molecular weight is 600 g/mol. The van der Waals surface area contributed by atoms with Crippen LogP contribution in [0.2, 0.25) is 0 Å². The van der Waals surface area contributed by atoms with Gasteiger partial charge in [0.15, 0.2) is 0 Å². The minimum absolute atomic E-state index is 0.0219. The van der Waals surface area contributed by atoms with Crippen LogP contribution in [0.5, 0.6) is 5.75 Å². The van der Waals surface area contributed by atoms with Crippen molar-refractivity contribution in [2.75, 3.05) is 18.1 Å². The van der Waals surface area contributed by atoms with Crippen LogP contribution in [0.15, 0.2) is 95.9 Å². The number of nitrogens with zero attached hydrogens (tertiary/aromatic N) is 1. The Hall–Kier alpha value is -4.27. The Labute approximate surface area is 252 Å². The van der Waals surface area contributed by atoms with Crippen LogP contribution in [0, 0.1) is 12.7 Å². The quantitative estimate of drug-likeness (QED) is 0.0957. The van der Waals surface area contributed by atoms with Crippen molar-refractivity contribution in [2.24, 2.45) is 0 Å². The number of carbonyl (C=O) groups is 1. The monoisotopic (exact) mass is 599 g/mol. The Morgan fingerprint density at radius 2 is 1.67 bits per heavy atom. The van der Waals surface area contributed by atoms with Crippen molar-refractivity contribution in [1.82, 2.24) is 0 Å². The first-order chi connectivity index (χ1) is 20.7. The molecule has 43 heavy (non-hydrogen) atoms. The molecule has 0 aromatic heterocycles. The van der Waals surface area contributed by atoms with E-state index in [1.54, 1.807) is 18.2 Å². The summed E-state index contributed by atoms with van der Waals surface area (Å²) in [4.78, 5) is 14.6. The van der Waals surface area contributed by atoms with Gasteiger partial charge < -0.3 is 9.64 Å². The summed E-state index contributed by atoms with van der Waals surface area (Å²) < 4.78 is 50.9. The van der Waals surface area contributed by atoms with Gasteiger partial charge in [-0.2, -0.15) is 8.42 Å². The fraction of sp³-hybridized carbons (Fsp3) is 0.229. The van der Waals surface area contributed by atoms with Crippen molar-refractivity contribution in [3.05, 3.63) is 125 Å². The maximum Gasteiger partial charge on any atom is 0.297 e. The van der Waals surface area contributed by atoms with Crippen molar-refractivity contribution >= 4 is 33.9 Å². The number of rotatable bonds is 12. The minimum Gasteiger partial charge on any atom is -0.491 e. The van der Waals surface area contributed by atoms with Gasteiger partial charge in [0.25, 0.3) is 10.1 Å². The van der Waals surface area contributed by atoms with Gasteiger partial charge in [-0.05, 0) is 78.8 Å². The lowest BCUT2D eigenvalue weighted by atomic mass is 10.0. The van der Waals surface area contributed by atoms with Crippen molar-refractivity contribution in [3.8, 4) is 5.75 Å². The number of carbonyl (C=O) groups excluding carboxylic acids is 1. The smallest absolute Gasteiger partial charge is 0.297 e. The van der Waals surface area contributed by atoms with E-state index in [0.29, 0.717) is 22.9 Å². The molecule has 4 aromatic carbocycles. The number of hydrogen-bond donors (Lipinski definition) is 0. The van der Waals surface area contributed by atoms with Crippen LogP contribution in [0.4, 0.5) is 10.1 Å². The number of hydrogen-bond acceptors (Lipinski definition) is 5. The lowest BCUT2D eigenvalue weighted by Crippen LogP contribution is -2.29. The summed E-state index contributed by atoms with van der Waals surface area (Å²) in [6.45, 7) is 3.26. The van der Waals surface area contributed by atoms with Gasteiger partial charge >= 0.3 is 0 Å². The van der Waals surface area contributed by atoms with E-state index in [1.165, 1.54) is 36.1 Å². The summed E-state index contributed by atoms with van der Waals surface area (Å²) in [6, 6.07) is 26.4. The SMILES string of the molecule is CC(=O)N(Cc1cc(C2CC2)ccc1OCCOS(=O)(=O)c1ccc(C)cc1)c1cc(F)ccc1/C=C\c1ccccc1. The zero-order valence-corrected chi connectivity index (χ0v) is 25.0. The van der Waals surface area contributed by atoms with Crippen molar-refractivity contribution < 1.29 is 26.5 Å². The van der Waals surface area contributed by atoms with Gasteiger partial charge in [0, 0.05) is 12.5 Å². The van der Waals surface area contributed by atoms with E-state index in [0.717, 1.165) is 35.1 Å². The van der Waals surface area contributed by atoms with E-state index in [2.05, 4.69) is 0 Å². The number of benzene rings is 4. The standard InChI is InChI=1S/C35H34FNO5S/c1-25-8-17-33(18-9-25)43(39,40)42-21-20-41-35-19-15-30(28-12-13-28)22-31(35)24-37(26(2)38)34-23-32(36)16-14-29(34)11-10-27-6-4-3-5-7-27/h3-11,14-19,22-23,28H,12-13,20-21,24H2,1-2H3/b11-10-. The molecule has 222 valence electrons. The Morgan fingerprint density at radius 1 is 0.930 bits per heavy atom. The molecule has 5 rings (SSSR count). The zero-order chi connectivity index (χ0) is 30.4. The van der Waals surface area contributed by atoms with Gasteiger partial charge in [0.2, 0.25) is 5.91 Å². The third-order valence-corrected chi connectivity index (χ3v) is 8.60. The largest absolute Gasteiger partial charge is 0.491 e. The fourth-order valence-corrected chi connectivity index (χ4v) is 5.67. The maximum atomic E-state index is 14.5. The molecule has 1 amide bonds. The summed E-state index contributed by atoms with van der Waals surface area (Å²) >= 11 is 0. The van der Waals surface area contributed by atoms with Gasteiger partial charge in [-0.25, -0.2) is 4.39 Å². The second-order valence-corrected chi connectivity index (χ2v) is 12.2. The molecule has 4 aromatic rings. The molecule has 1 aliphatic carbocycles. The van der Waals surface area contributed by atoms with Gasteiger partial charge in [-0.1, -0.05) is 72.3 Å². The fourth-order valence-electron chi connectivity index (χ4n) is 4.78. The first kappa shape index (κ1) is 30.2. The molecule has 1 saturated carbocycles. The van der Waals surface area contributed by atoms with Crippen LogP contribution < -0.4 is 9.64 Å². The molecular formula is C35H34FNO5S. The number of ether oxygens (including phenoxy) is 1. The molecular weight excluding hydrogens is 565 g/mol. The zero-order valence-electron chi connectivity index (χ0n) is 24.2. The molecule has 0 heterocycles. The summed E-state index contributed by atoms with van der Waals surface area (Å²) in [5.74, 6) is 0.258. The number of aryl methyl sites for hydroxylation is 1. The summed E-state index contributed by atoms with van der Waals surface area (Å²) in [7, 11) is -3.93.